The first-order valence-corrected chi connectivity index (χ1v) is 15.5. The Hall–Kier alpha value is -5.29. The minimum Gasteiger partial charge on any atom is -0.438 e. The summed E-state index contributed by atoms with van der Waals surface area (Å²) in [4.78, 5) is 35.3. The normalized spacial score (nSPS) is 12.6. The molecule has 0 bridgehead atoms. The summed E-state index contributed by atoms with van der Waals surface area (Å²) in [7, 11) is 7.98. The van der Waals surface area contributed by atoms with E-state index in [1.165, 1.54) is 24.7 Å². The second-order valence-corrected chi connectivity index (χ2v) is 11.7. The Bertz CT molecular complexity index is 1840. The number of hydrogen-bond donors (Lipinski definition) is 3. The van der Waals surface area contributed by atoms with Crippen LogP contribution in [0.4, 0.5) is 27.8 Å². The highest BCUT2D eigenvalue weighted by Crippen LogP contribution is 2.42. The average Bonchev–Trinajstić information content (AvgIpc) is 3.92. The number of urea groups is 1. The molecule has 236 valence electrons. The maximum Gasteiger partial charge on any atom is 0.323 e. The molecule has 1 aliphatic rings. The van der Waals surface area contributed by atoms with Crippen molar-refractivity contribution in [1.82, 2.24) is 24.8 Å². The molecular formula is C35H39N9O2. The molecule has 11 heteroatoms. The van der Waals surface area contributed by atoms with Crippen molar-refractivity contribution in [2.24, 2.45) is 0 Å². The van der Waals surface area contributed by atoms with E-state index in [1.807, 2.05) is 48.5 Å². The number of nitrogens with one attached hydrogen (secondary N) is 3. The van der Waals surface area contributed by atoms with Gasteiger partial charge in [-0.25, -0.2) is 19.7 Å². The monoisotopic (exact) mass is 617 g/mol. The quantitative estimate of drug-likeness (QED) is 0.138. The highest BCUT2D eigenvalue weighted by molar-refractivity contribution is 6.08. The van der Waals surface area contributed by atoms with Crippen molar-refractivity contribution in [2.75, 3.05) is 62.1 Å². The Morgan fingerprint density at radius 1 is 0.891 bits per heavy atom. The Kier molecular flexibility index (Phi) is 9.20. The Labute approximate surface area is 269 Å². The number of rotatable bonds is 12. The minimum absolute atomic E-state index is 0.308. The first-order valence-electron chi connectivity index (χ1n) is 15.5. The van der Waals surface area contributed by atoms with E-state index in [4.69, 9.17) is 4.74 Å². The van der Waals surface area contributed by atoms with Gasteiger partial charge in [0.25, 0.3) is 0 Å². The van der Waals surface area contributed by atoms with Gasteiger partial charge >= 0.3 is 6.03 Å². The Morgan fingerprint density at radius 2 is 1.70 bits per heavy atom. The number of ether oxygens (including phenoxy) is 1. The molecule has 1 saturated carbocycles. The molecule has 3 N–H and O–H groups in total. The van der Waals surface area contributed by atoms with E-state index in [0.717, 1.165) is 41.7 Å². The molecule has 2 aromatic heterocycles. The van der Waals surface area contributed by atoms with Crippen molar-refractivity contribution in [2.45, 2.75) is 25.2 Å². The van der Waals surface area contributed by atoms with Crippen LogP contribution in [0.25, 0.3) is 22.2 Å². The molecule has 5 aromatic rings. The summed E-state index contributed by atoms with van der Waals surface area (Å²) in [5.74, 6) is 2.40. The van der Waals surface area contributed by atoms with Gasteiger partial charge < -0.3 is 30.5 Å². The predicted octanol–water partition coefficient (Wildman–Crippen LogP) is 6.83. The Balaban J connectivity index is 1.24. The zero-order chi connectivity index (χ0) is 32.0. The van der Waals surface area contributed by atoms with E-state index in [-0.39, 0.29) is 6.03 Å². The lowest BCUT2D eigenvalue weighted by Gasteiger charge is -2.24. The van der Waals surface area contributed by atoms with Crippen LogP contribution >= 0.6 is 0 Å². The van der Waals surface area contributed by atoms with Gasteiger partial charge in [0, 0.05) is 37.6 Å². The number of benzene rings is 3. The van der Waals surface area contributed by atoms with Crippen LogP contribution in [0.15, 0.2) is 79.3 Å². The second kappa shape index (κ2) is 13.8. The summed E-state index contributed by atoms with van der Waals surface area (Å²) in [6.45, 7) is 1.88. The van der Waals surface area contributed by atoms with E-state index in [0.29, 0.717) is 40.6 Å². The summed E-state index contributed by atoms with van der Waals surface area (Å²) in [6.07, 6.45) is 6.51. The lowest BCUT2D eigenvalue weighted by atomic mass is 10.1. The van der Waals surface area contributed by atoms with Crippen LogP contribution in [0.1, 0.15) is 30.7 Å². The molecule has 3 aromatic carbocycles. The van der Waals surface area contributed by atoms with E-state index in [1.54, 1.807) is 13.2 Å². The van der Waals surface area contributed by atoms with E-state index >= 15 is 0 Å². The molecular weight excluding hydrogens is 578 g/mol. The largest absolute Gasteiger partial charge is 0.438 e. The van der Waals surface area contributed by atoms with Crippen LogP contribution in [0.3, 0.4) is 0 Å². The summed E-state index contributed by atoms with van der Waals surface area (Å²) in [6, 6.07) is 21.3. The van der Waals surface area contributed by atoms with Crippen molar-refractivity contribution >= 4 is 39.8 Å². The number of amides is 2. The lowest BCUT2D eigenvalue weighted by molar-refractivity contribution is 0.262. The molecule has 6 rings (SSSR count). The zero-order valence-corrected chi connectivity index (χ0v) is 26.6. The van der Waals surface area contributed by atoms with E-state index in [2.05, 4.69) is 85.0 Å². The van der Waals surface area contributed by atoms with Crippen molar-refractivity contribution < 1.29 is 9.53 Å². The van der Waals surface area contributed by atoms with Crippen LogP contribution < -0.4 is 25.6 Å². The van der Waals surface area contributed by atoms with E-state index < -0.39 is 0 Å². The number of hydrogen-bond acceptors (Lipinski definition) is 9. The van der Waals surface area contributed by atoms with Crippen LogP contribution in [-0.4, -0.2) is 72.1 Å². The number of nitrogens with zero attached hydrogens (tertiary/aromatic N) is 6. The minimum atomic E-state index is -0.308. The van der Waals surface area contributed by atoms with Gasteiger partial charge in [-0.1, -0.05) is 30.3 Å². The number of carbonyl (C=O) groups is 1. The molecule has 0 saturated heterocycles. The molecule has 46 heavy (non-hydrogen) atoms. The first kappa shape index (κ1) is 30.7. The molecule has 2 amide bonds. The number of anilines is 4. The zero-order valence-electron chi connectivity index (χ0n) is 26.6. The maximum absolute atomic E-state index is 13.5. The fourth-order valence-corrected chi connectivity index (χ4v) is 5.44. The van der Waals surface area contributed by atoms with Gasteiger partial charge in [-0.2, -0.15) is 4.98 Å². The molecule has 1 aliphatic carbocycles. The molecule has 11 nitrogen and oxygen atoms in total. The third-order valence-corrected chi connectivity index (χ3v) is 7.97. The molecule has 0 aliphatic heterocycles. The summed E-state index contributed by atoms with van der Waals surface area (Å²) >= 11 is 0. The van der Waals surface area contributed by atoms with Crippen LogP contribution in [-0.2, 0) is 0 Å². The van der Waals surface area contributed by atoms with Crippen molar-refractivity contribution in [3.05, 3.63) is 84.8 Å². The topological polar surface area (TPSA) is 120 Å². The SMILES string of the molecule is CNc1ncnc(-c2cccnc2Oc2ccc(NC(=O)Nc3cc(C4CC4)ccc3N(C)CCCN(C)C)c3ccccc23)n1. The van der Waals surface area contributed by atoms with Gasteiger partial charge in [-0.3, -0.25) is 0 Å². The maximum atomic E-state index is 13.5. The molecule has 1 fully saturated rings. The summed E-state index contributed by atoms with van der Waals surface area (Å²) < 4.78 is 6.37. The van der Waals surface area contributed by atoms with Gasteiger partial charge in [0.2, 0.25) is 11.8 Å². The van der Waals surface area contributed by atoms with Gasteiger partial charge in [0.15, 0.2) is 5.82 Å². The van der Waals surface area contributed by atoms with Crippen molar-refractivity contribution in [3.8, 4) is 23.0 Å². The van der Waals surface area contributed by atoms with Crippen LogP contribution in [0.5, 0.6) is 11.6 Å². The predicted molar refractivity (Wildman–Crippen MR) is 184 cm³/mol. The van der Waals surface area contributed by atoms with Gasteiger partial charge in [0.05, 0.1) is 22.6 Å². The second-order valence-electron chi connectivity index (χ2n) is 11.7. The molecule has 2 heterocycles. The summed E-state index contributed by atoms with van der Waals surface area (Å²) in [5, 5.41) is 10.8. The Morgan fingerprint density at radius 3 is 2.48 bits per heavy atom. The smallest absolute Gasteiger partial charge is 0.323 e. The standard InChI is InChI=1S/C35H39N9O2/c1-36-34-39-22-38-32(42-34)27-11-7-18-37-33(27)46-31-17-15-28(25-9-5-6-10-26(25)31)40-35(45)41-29-21-24(23-12-13-23)14-16-30(29)44(4)20-8-19-43(2)3/h5-7,9-11,14-18,21-23H,8,12-13,19-20H2,1-4H3,(H2,40,41,45)(H,36,38,39,42). The van der Waals surface area contributed by atoms with Crippen LogP contribution in [0.2, 0.25) is 0 Å². The highest BCUT2D eigenvalue weighted by atomic mass is 16.5. The number of aromatic nitrogens is 4. The molecule has 0 radical (unpaired) electrons. The number of pyridine rings is 1. The third kappa shape index (κ3) is 7.16. The molecule has 0 atom stereocenters. The number of fused-ring (bicyclic) bond motifs is 1. The third-order valence-electron chi connectivity index (χ3n) is 7.97. The van der Waals surface area contributed by atoms with Gasteiger partial charge in [-0.15, -0.1) is 0 Å². The lowest BCUT2D eigenvalue weighted by Crippen LogP contribution is -2.26. The average molecular weight is 618 g/mol. The van der Waals surface area contributed by atoms with E-state index in [9.17, 15) is 4.79 Å². The fraction of sp³-hybridized carbons (Fsp3) is 0.286. The molecule has 0 unspecified atom stereocenters. The fourth-order valence-electron chi connectivity index (χ4n) is 5.44. The molecule has 0 spiro atoms. The van der Waals surface area contributed by atoms with Crippen molar-refractivity contribution in [3.63, 3.8) is 0 Å². The summed E-state index contributed by atoms with van der Waals surface area (Å²) in [5.41, 5.74) is 4.36. The highest BCUT2D eigenvalue weighted by Gasteiger charge is 2.25. The van der Waals surface area contributed by atoms with Gasteiger partial charge in [-0.05, 0) is 87.8 Å². The van der Waals surface area contributed by atoms with Gasteiger partial charge in [0.1, 0.15) is 12.1 Å². The van der Waals surface area contributed by atoms with Crippen LogP contribution in [0, 0.1) is 0 Å². The number of carbonyl (C=O) groups excluding carboxylic acids is 1. The van der Waals surface area contributed by atoms with Crippen molar-refractivity contribution in [1.29, 1.82) is 0 Å². The first-order chi connectivity index (χ1) is 22.4.